The van der Waals surface area contributed by atoms with Gasteiger partial charge in [0, 0.05) is 0 Å². The normalized spacial score (nSPS) is 33.0. The van der Waals surface area contributed by atoms with Gasteiger partial charge in [0.15, 0.2) is 11.6 Å². The van der Waals surface area contributed by atoms with E-state index in [4.69, 9.17) is 0 Å². The smallest absolute Gasteiger partial charge is 0.156 e. The number of carbonyl (C=O) groups is 3. The Morgan fingerprint density at radius 2 is 1.13 bits per heavy atom. The molecule has 0 saturated carbocycles. The molecule has 4 bridgehead atoms. The van der Waals surface area contributed by atoms with Crippen LogP contribution >= 0.6 is 0 Å². The van der Waals surface area contributed by atoms with E-state index in [2.05, 4.69) is 37.3 Å². The monoisotopic (exact) mass is 392 g/mol. The van der Waals surface area contributed by atoms with Crippen LogP contribution in [0.1, 0.15) is 93.9 Å². The summed E-state index contributed by atoms with van der Waals surface area (Å²) < 4.78 is 0. The van der Waals surface area contributed by atoms with Gasteiger partial charge < -0.3 is 0 Å². The Morgan fingerprint density at radius 1 is 0.633 bits per heavy atom. The lowest BCUT2D eigenvalue weighted by atomic mass is 9.75. The Morgan fingerprint density at radius 3 is 1.67 bits per heavy atom. The van der Waals surface area contributed by atoms with Crippen LogP contribution in [-0.4, -0.2) is 17.3 Å². The van der Waals surface area contributed by atoms with Crippen LogP contribution in [-0.2, 0) is 14.4 Å². The van der Waals surface area contributed by atoms with Crippen LogP contribution in [0.25, 0.3) is 0 Å². The third-order valence-electron chi connectivity index (χ3n) is 8.03. The zero-order valence-electron chi connectivity index (χ0n) is 16.8. The van der Waals surface area contributed by atoms with Crippen LogP contribution in [0.5, 0.6) is 0 Å². The Kier molecular flexibility index (Phi) is 2.87. The van der Waals surface area contributed by atoms with Gasteiger partial charge in [-0.05, 0) is 57.3 Å². The van der Waals surface area contributed by atoms with Crippen LogP contribution in [0.2, 0.25) is 0 Å². The third-order valence-corrected chi connectivity index (χ3v) is 8.03. The fourth-order valence-corrected chi connectivity index (χ4v) is 6.61. The summed E-state index contributed by atoms with van der Waals surface area (Å²) >= 11 is 0. The lowest BCUT2D eigenvalue weighted by molar-refractivity contribution is -0.119. The summed E-state index contributed by atoms with van der Waals surface area (Å²) in [7, 11) is 0. The van der Waals surface area contributed by atoms with Crippen LogP contribution in [0.4, 0.5) is 0 Å². The number of fused-ring (bicyclic) bond motifs is 14. The number of hydrogen-bond acceptors (Lipinski definition) is 3. The maximum Gasteiger partial charge on any atom is 0.156 e. The number of carbonyl (C=O) groups excluding carboxylic acids is 3. The largest absolute Gasteiger partial charge is 0.299 e. The number of benzene rings is 2. The van der Waals surface area contributed by atoms with Crippen molar-refractivity contribution in [1.29, 1.82) is 0 Å². The molecule has 0 amide bonds. The highest BCUT2D eigenvalue weighted by atomic mass is 16.1. The Labute approximate surface area is 174 Å². The maximum atomic E-state index is 13.4. The van der Waals surface area contributed by atoms with Crippen molar-refractivity contribution in [3.63, 3.8) is 0 Å². The minimum absolute atomic E-state index is 0.131. The molecule has 0 fully saturated rings. The highest BCUT2D eigenvalue weighted by molar-refractivity contribution is 6.08. The molecule has 3 nitrogen and oxygen atoms in total. The molecular formula is C27H20O3. The van der Waals surface area contributed by atoms with E-state index >= 15 is 0 Å². The second-order valence-corrected chi connectivity index (χ2v) is 9.49. The first-order chi connectivity index (χ1) is 14.5. The van der Waals surface area contributed by atoms with Crippen molar-refractivity contribution >= 4 is 17.3 Å². The van der Waals surface area contributed by atoms with Gasteiger partial charge in [-0.25, -0.2) is 0 Å². The molecular weight excluding hydrogens is 372 g/mol. The molecule has 6 atom stereocenters. The van der Waals surface area contributed by atoms with Crippen molar-refractivity contribution < 1.29 is 14.4 Å². The molecule has 0 spiro atoms. The first kappa shape index (κ1) is 16.7. The van der Waals surface area contributed by atoms with Gasteiger partial charge in [0.25, 0.3) is 0 Å². The van der Waals surface area contributed by atoms with E-state index in [-0.39, 0.29) is 52.9 Å². The number of rotatable bonds is 1. The van der Waals surface area contributed by atoms with Crippen LogP contribution in [0, 0.1) is 0 Å². The molecule has 7 rings (SSSR count). The van der Waals surface area contributed by atoms with Gasteiger partial charge in [-0.2, -0.15) is 0 Å². The minimum Gasteiger partial charge on any atom is -0.299 e. The van der Waals surface area contributed by atoms with Gasteiger partial charge >= 0.3 is 0 Å². The number of Topliss-reactive ketones (excluding diaryl/α,β-unsaturated/α-hetero) is 3. The van der Waals surface area contributed by atoms with Gasteiger partial charge in [0.05, 0.1) is 29.6 Å². The predicted molar refractivity (Wildman–Crippen MR) is 112 cm³/mol. The first-order valence-corrected chi connectivity index (χ1v) is 10.8. The van der Waals surface area contributed by atoms with Gasteiger partial charge in [0.2, 0.25) is 0 Å². The summed E-state index contributed by atoms with van der Waals surface area (Å²) in [6, 6.07) is 8.59. The Hall–Kier alpha value is -3.07. The molecule has 30 heavy (non-hydrogen) atoms. The maximum absolute atomic E-state index is 13.4. The molecule has 0 saturated heterocycles. The van der Waals surface area contributed by atoms with Crippen molar-refractivity contribution in [2.24, 2.45) is 0 Å². The fraction of sp³-hybridized carbons (Fsp3) is 0.296. The summed E-state index contributed by atoms with van der Waals surface area (Å²) in [6.07, 6.45) is 8.13. The topological polar surface area (TPSA) is 51.2 Å². The standard InChI is InChI=1S/C27H20O3/c1-11-3-4-13(12(2)28)17-8-21-20(7-16(11)17)24-22-9-18-14-5-6-15(26(14)29)19(18)10-23(22)25(21)27(24)30/h3-11,13-15,24-25H,1-2H3/t11?,13-,14?,15-,24?,25-/m1/s1. The predicted octanol–water partition coefficient (Wildman–Crippen LogP) is 4.51. The summed E-state index contributed by atoms with van der Waals surface area (Å²) in [5, 5.41) is 0. The molecule has 0 radical (unpaired) electrons. The molecule has 5 aliphatic carbocycles. The van der Waals surface area contributed by atoms with Gasteiger partial charge in [-0.3, -0.25) is 14.4 Å². The van der Waals surface area contributed by atoms with E-state index in [1.54, 1.807) is 6.92 Å². The minimum atomic E-state index is -0.261. The third kappa shape index (κ3) is 1.73. The molecule has 0 heterocycles. The summed E-state index contributed by atoms with van der Waals surface area (Å²) in [5.41, 5.74) is 8.73. The summed E-state index contributed by atoms with van der Waals surface area (Å²) in [5.74, 6) is -0.114. The molecule has 2 aromatic carbocycles. The number of hydrogen-bond donors (Lipinski definition) is 0. The van der Waals surface area contributed by atoms with Gasteiger partial charge in [-0.1, -0.05) is 55.5 Å². The van der Waals surface area contributed by atoms with Crippen LogP contribution in [0.15, 0.2) is 48.6 Å². The Bertz CT molecular complexity index is 1310. The zero-order chi connectivity index (χ0) is 20.5. The second kappa shape index (κ2) is 5.15. The van der Waals surface area contributed by atoms with E-state index in [1.165, 1.54) is 0 Å². The fourth-order valence-electron chi connectivity index (χ4n) is 6.61. The number of allylic oxidation sites excluding steroid dienone is 4. The van der Waals surface area contributed by atoms with Gasteiger partial charge in [0.1, 0.15) is 5.78 Å². The quantitative estimate of drug-likeness (QED) is 0.671. The zero-order valence-corrected chi connectivity index (χ0v) is 16.8. The van der Waals surface area contributed by atoms with Crippen molar-refractivity contribution in [3.05, 3.63) is 93.1 Å². The van der Waals surface area contributed by atoms with E-state index in [0.717, 1.165) is 44.5 Å². The molecule has 3 heteroatoms. The van der Waals surface area contributed by atoms with Crippen LogP contribution < -0.4 is 0 Å². The molecule has 146 valence electrons. The average Bonchev–Trinajstić information content (AvgIpc) is 3.39. The lowest BCUT2D eigenvalue weighted by Crippen LogP contribution is -2.16. The average molecular weight is 392 g/mol. The van der Waals surface area contributed by atoms with E-state index < -0.39 is 0 Å². The number of ketones is 3. The van der Waals surface area contributed by atoms with E-state index in [0.29, 0.717) is 0 Å². The second-order valence-electron chi connectivity index (χ2n) is 9.49. The highest BCUT2D eigenvalue weighted by Gasteiger charge is 2.52. The van der Waals surface area contributed by atoms with E-state index in [9.17, 15) is 14.4 Å². The molecule has 5 aliphatic rings. The van der Waals surface area contributed by atoms with Crippen molar-refractivity contribution in [1.82, 2.24) is 0 Å². The van der Waals surface area contributed by atoms with Crippen molar-refractivity contribution in [2.45, 2.75) is 49.4 Å². The Balaban J connectivity index is 1.44. The van der Waals surface area contributed by atoms with Crippen LogP contribution in [0.3, 0.4) is 0 Å². The van der Waals surface area contributed by atoms with Crippen molar-refractivity contribution in [2.75, 3.05) is 0 Å². The highest BCUT2D eigenvalue weighted by Crippen LogP contribution is 2.58. The van der Waals surface area contributed by atoms with Crippen molar-refractivity contribution in [3.8, 4) is 0 Å². The SMILES string of the molecule is CC(=O)[C@H]1C=CC(C)c2cc3c(cc21)[C@H]1C(=O)C3c2cc3c(cc21)[C@H]1C=CC3C1=O. The molecule has 2 aromatic rings. The molecule has 0 aromatic heterocycles. The molecule has 0 aliphatic heterocycles. The van der Waals surface area contributed by atoms with Gasteiger partial charge in [-0.15, -0.1) is 0 Å². The summed E-state index contributed by atoms with van der Waals surface area (Å²) in [4.78, 5) is 38.2. The molecule has 0 N–H and O–H groups in total. The summed E-state index contributed by atoms with van der Waals surface area (Å²) in [6.45, 7) is 3.78. The van der Waals surface area contributed by atoms with E-state index in [1.807, 2.05) is 18.2 Å². The first-order valence-electron chi connectivity index (χ1n) is 10.8. The molecule has 3 unspecified atom stereocenters. The lowest BCUT2D eigenvalue weighted by Gasteiger charge is -2.28.